The highest BCUT2D eigenvalue weighted by Gasteiger charge is 2.42. The van der Waals surface area contributed by atoms with Crippen LogP contribution < -0.4 is 0 Å². The van der Waals surface area contributed by atoms with E-state index in [1.807, 2.05) is 6.07 Å². The fourth-order valence-corrected chi connectivity index (χ4v) is 3.18. The molecule has 1 heterocycles. The third-order valence-corrected chi connectivity index (χ3v) is 4.27. The Morgan fingerprint density at radius 2 is 2.11 bits per heavy atom. The van der Waals surface area contributed by atoms with Crippen molar-refractivity contribution >= 4 is 5.97 Å². The van der Waals surface area contributed by atoms with Crippen molar-refractivity contribution in [3.63, 3.8) is 0 Å². The molecule has 3 heteroatoms. The van der Waals surface area contributed by atoms with Crippen LogP contribution in [0.4, 0.5) is 0 Å². The van der Waals surface area contributed by atoms with Crippen LogP contribution in [0.5, 0.6) is 0 Å². The quantitative estimate of drug-likeness (QED) is 0.885. The summed E-state index contributed by atoms with van der Waals surface area (Å²) in [5.41, 5.74) is 1.41. The second-order valence-electron chi connectivity index (χ2n) is 5.50. The van der Waals surface area contributed by atoms with Gasteiger partial charge >= 0.3 is 5.97 Å². The molecule has 0 amide bonds. The molecule has 1 aromatic carbocycles. The summed E-state index contributed by atoms with van der Waals surface area (Å²) >= 11 is 0. The molecule has 0 bridgehead atoms. The summed E-state index contributed by atoms with van der Waals surface area (Å²) in [6.07, 6.45) is 3.06. The van der Waals surface area contributed by atoms with E-state index in [0.29, 0.717) is 11.8 Å². The molecule has 2 aliphatic rings. The first-order valence-electron chi connectivity index (χ1n) is 6.77. The molecule has 0 unspecified atom stereocenters. The van der Waals surface area contributed by atoms with E-state index in [0.717, 1.165) is 25.9 Å². The number of likely N-dealkylation sites (tertiary alicyclic amines) is 1. The van der Waals surface area contributed by atoms with E-state index >= 15 is 0 Å². The molecule has 96 valence electrons. The second-order valence-corrected chi connectivity index (χ2v) is 5.50. The predicted octanol–water partition coefficient (Wildman–Crippen LogP) is 2.34. The Morgan fingerprint density at radius 3 is 2.83 bits per heavy atom. The maximum Gasteiger partial charge on any atom is 0.320 e. The number of benzene rings is 1. The second kappa shape index (κ2) is 4.73. The average Bonchev–Trinajstić information content (AvgIpc) is 2.97. The highest BCUT2D eigenvalue weighted by atomic mass is 16.4. The van der Waals surface area contributed by atoms with Gasteiger partial charge in [0.05, 0.1) is 0 Å². The summed E-state index contributed by atoms with van der Waals surface area (Å²) < 4.78 is 0. The van der Waals surface area contributed by atoms with Crippen LogP contribution in [-0.2, 0) is 4.79 Å². The van der Waals surface area contributed by atoms with E-state index in [1.165, 1.54) is 12.0 Å². The molecule has 1 saturated heterocycles. The Labute approximate surface area is 107 Å². The molecule has 0 radical (unpaired) electrons. The number of carboxylic acid groups (broad SMARTS) is 1. The van der Waals surface area contributed by atoms with Gasteiger partial charge in [0.1, 0.15) is 6.04 Å². The Hall–Kier alpha value is -1.35. The predicted molar refractivity (Wildman–Crippen MR) is 69.5 cm³/mol. The van der Waals surface area contributed by atoms with Crippen molar-refractivity contribution in [2.24, 2.45) is 5.92 Å². The van der Waals surface area contributed by atoms with Gasteiger partial charge in [-0.3, -0.25) is 9.69 Å². The van der Waals surface area contributed by atoms with Gasteiger partial charge in [0.15, 0.2) is 0 Å². The number of carbonyl (C=O) groups is 1. The van der Waals surface area contributed by atoms with Crippen molar-refractivity contribution in [2.75, 3.05) is 13.1 Å². The van der Waals surface area contributed by atoms with Gasteiger partial charge in [0, 0.05) is 6.54 Å². The molecular formula is C15H19NO2. The molecule has 1 aromatic rings. The first-order chi connectivity index (χ1) is 8.75. The zero-order valence-corrected chi connectivity index (χ0v) is 10.5. The molecular weight excluding hydrogens is 226 g/mol. The van der Waals surface area contributed by atoms with Crippen LogP contribution in [0.1, 0.15) is 30.7 Å². The largest absolute Gasteiger partial charge is 0.480 e. The lowest BCUT2D eigenvalue weighted by molar-refractivity contribution is -0.142. The number of rotatable bonds is 4. The van der Waals surface area contributed by atoms with Gasteiger partial charge in [-0.05, 0) is 43.2 Å². The molecule has 1 N–H and O–H groups in total. The molecule has 0 aromatic heterocycles. The molecule has 1 aliphatic heterocycles. The summed E-state index contributed by atoms with van der Waals surface area (Å²) in [7, 11) is 0. The van der Waals surface area contributed by atoms with Crippen LogP contribution in [0, 0.1) is 5.92 Å². The Bertz CT molecular complexity index is 431. The highest BCUT2D eigenvalue weighted by Crippen LogP contribution is 2.48. The monoisotopic (exact) mass is 245 g/mol. The lowest BCUT2D eigenvalue weighted by Crippen LogP contribution is -2.37. The normalized spacial score (nSPS) is 31.4. The number of carboxylic acids is 1. The maximum atomic E-state index is 11.1. The SMILES string of the molecule is O=C(O)[C@@H]1CCCN1C[C@@H]1C[C@H]1c1ccccc1. The highest BCUT2D eigenvalue weighted by molar-refractivity contribution is 5.73. The molecule has 1 saturated carbocycles. The number of aliphatic carboxylic acids is 1. The third kappa shape index (κ3) is 2.27. The lowest BCUT2D eigenvalue weighted by Gasteiger charge is -2.20. The molecule has 3 rings (SSSR count). The van der Waals surface area contributed by atoms with Crippen LogP contribution in [0.3, 0.4) is 0 Å². The van der Waals surface area contributed by atoms with E-state index in [2.05, 4.69) is 29.2 Å². The molecule has 2 fully saturated rings. The summed E-state index contributed by atoms with van der Waals surface area (Å²) in [6.45, 7) is 1.91. The number of nitrogens with zero attached hydrogens (tertiary/aromatic N) is 1. The van der Waals surface area contributed by atoms with E-state index in [9.17, 15) is 4.79 Å². The fraction of sp³-hybridized carbons (Fsp3) is 0.533. The third-order valence-electron chi connectivity index (χ3n) is 4.27. The average molecular weight is 245 g/mol. The first kappa shape index (κ1) is 11.7. The van der Waals surface area contributed by atoms with Gasteiger partial charge in [-0.2, -0.15) is 0 Å². The summed E-state index contributed by atoms with van der Waals surface area (Å²) in [5.74, 6) is 0.665. The first-order valence-corrected chi connectivity index (χ1v) is 6.77. The fourth-order valence-electron chi connectivity index (χ4n) is 3.18. The van der Waals surface area contributed by atoms with Crippen LogP contribution in [-0.4, -0.2) is 35.1 Å². The summed E-state index contributed by atoms with van der Waals surface area (Å²) in [5, 5.41) is 9.16. The van der Waals surface area contributed by atoms with E-state index in [-0.39, 0.29) is 6.04 Å². The Balaban J connectivity index is 1.58. The van der Waals surface area contributed by atoms with Gasteiger partial charge in [-0.15, -0.1) is 0 Å². The molecule has 0 spiro atoms. The summed E-state index contributed by atoms with van der Waals surface area (Å²) in [4.78, 5) is 13.3. The number of hydrogen-bond acceptors (Lipinski definition) is 2. The van der Waals surface area contributed by atoms with Crippen molar-refractivity contribution in [2.45, 2.75) is 31.2 Å². The van der Waals surface area contributed by atoms with Crippen molar-refractivity contribution in [1.82, 2.24) is 4.90 Å². The van der Waals surface area contributed by atoms with Gasteiger partial charge in [0.2, 0.25) is 0 Å². The topological polar surface area (TPSA) is 40.5 Å². The lowest BCUT2D eigenvalue weighted by atomic mass is 10.1. The van der Waals surface area contributed by atoms with Crippen LogP contribution in [0.2, 0.25) is 0 Å². The van der Waals surface area contributed by atoms with Crippen molar-refractivity contribution < 1.29 is 9.90 Å². The standard InChI is InChI=1S/C15H19NO2/c17-15(18)14-7-4-8-16(14)10-12-9-13(12)11-5-2-1-3-6-11/h1-3,5-6,12-14H,4,7-10H2,(H,17,18)/t12-,13-,14-/m0/s1. The smallest absolute Gasteiger partial charge is 0.320 e. The minimum Gasteiger partial charge on any atom is -0.480 e. The van der Waals surface area contributed by atoms with Gasteiger partial charge in [-0.1, -0.05) is 30.3 Å². The van der Waals surface area contributed by atoms with Crippen LogP contribution >= 0.6 is 0 Å². The minimum atomic E-state index is -0.649. The maximum absolute atomic E-state index is 11.1. The molecule has 3 atom stereocenters. The Morgan fingerprint density at radius 1 is 1.33 bits per heavy atom. The Kier molecular flexibility index (Phi) is 3.08. The zero-order valence-electron chi connectivity index (χ0n) is 10.5. The number of hydrogen-bond donors (Lipinski definition) is 1. The van der Waals surface area contributed by atoms with Crippen LogP contribution in [0.15, 0.2) is 30.3 Å². The molecule has 18 heavy (non-hydrogen) atoms. The van der Waals surface area contributed by atoms with E-state index in [4.69, 9.17) is 5.11 Å². The van der Waals surface area contributed by atoms with Crippen molar-refractivity contribution in [3.05, 3.63) is 35.9 Å². The van der Waals surface area contributed by atoms with E-state index < -0.39 is 5.97 Å². The molecule has 3 nitrogen and oxygen atoms in total. The summed E-state index contributed by atoms with van der Waals surface area (Å²) in [6, 6.07) is 10.3. The van der Waals surface area contributed by atoms with Crippen molar-refractivity contribution in [3.8, 4) is 0 Å². The minimum absolute atomic E-state index is 0.234. The van der Waals surface area contributed by atoms with Gasteiger partial charge < -0.3 is 5.11 Å². The van der Waals surface area contributed by atoms with E-state index in [1.54, 1.807) is 0 Å². The molecule has 1 aliphatic carbocycles. The van der Waals surface area contributed by atoms with Crippen LogP contribution in [0.25, 0.3) is 0 Å². The van der Waals surface area contributed by atoms with Gasteiger partial charge in [0.25, 0.3) is 0 Å². The van der Waals surface area contributed by atoms with Crippen molar-refractivity contribution in [1.29, 1.82) is 0 Å². The van der Waals surface area contributed by atoms with Gasteiger partial charge in [-0.25, -0.2) is 0 Å². The zero-order chi connectivity index (χ0) is 12.5.